The van der Waals surface area contributed by atoms with Gasteiger partial charge < -0.3 is 10.4 Å². The van der Waals surface area contributed by atoms with E-state index in [2.05, 4.69) is 47.2 Å². The zero-order chi connectivity index (χ0) is 12.3. The van der Waals surface area contributed by atoms with E-state index in [1.54, 1.807) is 0 Å². The van der Waals surface area contributed by atoms with Gasteiger partial charge in [-0.3, -0.25) is 0 Å². The van der Waals surface area contributed by atoms with E-state index in [0.717, 1.165) is 16.6 Å². The molecule has 3 heteroatoms. The molecular formula is C13H20BrNO. The van der Waals surface area contributed by atoms with Gasteiger partial charge in [-0.25, -0.2) is 0 Å². The van der Waals surface area contributed by atoms with Crippen LogP contribution < -0.4 is 5.32 Å². The lowest BCUT2D eigenvalue weighted by Crippen LogP contribution is -2.32. The standard InChI is InChI=1S/C13H20BrNO/c1-5-13(4,16)8-15-12-9(2)6-11(14)7-10(12)3/h6-7,15-16H,5,8H2,1-4H3. The van der Waals surface area contributed by atoms with Crippen LogP contribution in [0, 0.1) is 13.8 Å². The predicted molar refractivity (Wildman–Crippen MR) is 73.0 cm³/mol. The van der Waals surface area contributed by atoms with Gasteiger partial charge in [0.2, 0.25) is 0 Å². The Morgan fingerprint density at radius 1 is 1.31 bits per heavy atom. The molecule has 0 saturated heterocycles. The first-order valence-corrected chi connectivity index (χ1v) is 6.38. The van der Waals surface area contributed by atoms with Gasteiger partial charge in [-0.05, 0) is 50.5 Å². The van der Waals surface area contributed by atoms with Crippen LogP contribution in [0.3, 0.4) is 0 Å². The van der Waals surface area contributed by atoms with Crippen LogP contribution in [0.5, 0.6) is 0 Å². The van der Waals surface area contributed by atoms with Crippen LogP contribution in [0.1, 0.15) is 31.4 Å². The Balaban J connectivity index is 2.82. The van der Waals surface area contributed by atoms with Gasteiger partial charge >= 0.3 is 0 Å². The molecule has 0 aliphatic rings. The monoisotopic (exact) mass is 285 g/mol. The number of nitrogens with one attached hydrogen (secondary N) is 1. The summed E-state index contributed by atoms with van der Waals surface area (Å²) in [4.78, 5) is 0. The molecule has 0 heterocycles. The second-order valence-electron chi connectivity index (χ2n) is 4.62. The van der Waals surface area contributed by atoms with Gasteiger partial charge in [0, 0.05) is 16.7 Å². The van der Waals surface area contributed by atoms with Gasteiger partial charge in [0.1, 0.15) is 0 Å². The summed E-state index contributed by atoms with van der Waals surface area (Å²) >= 11 is 3.47. The number of hydrogen-bond acceptors (Lipinski definition) is 2. The Hall–Kier alpha value is -0.540. The molecule has 0 saturated carbocycles. The van der Waals surface area contributed by atoms with E-state index in [0.29, 0.717) is 6.54 Å². The molecule has 2 N–H and O–H groups in total. The van der Waals surface area contributed by atoms with Gasteiger partial charge in [0.25, 0.3) is 0 Å². The van der Waals surface area contributed by atoms with Gasteiger partial charge in [-0.15, -0.1) is 0 Å². The van der Waals surface area contributed by atoms with E-state index in [1.807, 2.05) is 13.8 Å². The maximum Gasteiger partial charge on any atom is 0.0788 e. The molecule has 1 unspecified atom stereocenters. The number of aliphatic hydroxyl groups is 1. The molecule has 1 aromatic rings. The van der Waals surface area contributed by atoms with Crippen molar-refractivity contribution in [3.05, 3.63) is 27.7 Å². The van der Waals surface area contributed by atoms with E-state index in [-0.39, 0.29) is 0 Å². The molecule has 1 aromatic carbocycles. The van der Waals surface area contributed by atoms with Gasteiger partial charge in [-0.2, -0.15) is 0 Å². The van der Waals surface area contributed by atoms with E-state index in [9.17, 15) is 5.11 Å². The minimum atomic E-state index is -0.647. The first kappa shape index (κ1) is 13.5. The number of aryl methyl sites for hydroxylation is 2. The Morgan fingerprint density at radius 3 is 2.25 bits per heavy atom. The molecule has 90 valence electrons. The lowest BCUT2D eigenvalue weighted by Gasteiger charge is -2.24. The third-order valence-electron chi connectivity index (χ3n) is 2.91. The quantitative estimate of drug-likeness (QED) is 0.885. The van der Waals surface area contributed by atoms with Crippen molar-refractivity contribution < 1.29 is 5.11 Å². The summed E-state index contributed by atoms with van der Waals surface area (Å²) in [6, 6.07) is 4.16. The highest BCUT2D eigenvalue weighted by Gasteiger charge is 2.17. The van der Waals surface area contributed by atoms with Gasteiger partial charge in [0.05, 0.1) is 5.60 Å². The summed E-state index contributed by atoms with van der Waals surface area (Å²) in [5.74, 6) is 0. The lowest BCUT2D eigenvalue weighted by molar-refractivity contribution is 0.0697. The molecule has 1 atom stereocenters. The summed E-state index contributed by atoms with van der Waals surface area (Å²) in [5.41, 5.74) is 2.86. The number of anilines is 1. The van der Waals surface area contributed by atoms with Crippen molar-refractivity contribution in [2.75, 3.05) is 11.9 Å². The maximum absolute atomic E-state index is 9.95. The van der Waals surface area contributed by atoms with Crippen molar-refractivity contribution in [3.8, 4) is 0 Å². The molecule has 0 aliphatic carbocycles. The Kier molecular flexibility index (Phi) is 4.39. The Morgan fingerprint density at radius 2 is 1.81 bits per heavy atom. The average molecular weight is 286 g/mol. The molecule has 2 nitrogen and oxygen atoms in total. The number of halogens is 1. The van der Waals surface area contributed by atoms with Gasteiger partial charge in [0.15, 0.2) is 0 Å². The minimum absolute atomic E-state index is 0.576. The number of hydrogen-bond donors (Lipinski definition) is 2. The third kappa shape index (κ3) is 3.49. The highest BCUT2D eigenvalue weighted by Crippen LogP contribution is 2.25. The predicted octanol–water partition coefficient (Wildman–Crippen LogP) is 3.64. The summed E-state index contributed by atoms with van der Waals surface area (Å²) in [6.45, 7) is 8.56. The van der Waals surface area contributed by atoms with E-state index >= 15 is 0 Å². The average Bonchev–Trinajstić information content (AvgIpc) is 2.16. The van der Waals surface area contributed by atoms with Crippen molar-refractivity contribution in [2.45, 2.75) is 39.7 Å². The van der Waals surface area contributed by atoms with Crippen LogP contribution in [0.25, 0.3) is 0 Å². The molecule has 0 spiro atoms. The first-order chi connectivity index (χ1) is 7.35. The van der Waals surface area contributed by atoms with Crippen molar-refractivity contribution in [1.82, 2.24) is 0 Å². The summed E-state index contributed by atoms with van der Waals surface area (Å²) < 4.78 is 1.09. The van der Waals surface area contributed by atoms with Crippen molar-refractivity contribution in [2.24, 2.45) is 0 Å². The normalized spacial score (nSPS) is 14.6. The molecule has 0 radical (unpaired) electrons. The highest BCUT2D eigenvalue weighted by atomic mass is 79.9. The van der Waals surface area contributed by atoms with Crippen LogP contribution in [-0.4, -0.2) is 17.3 Å². The van der Waals surface area contributed by atoms with Crippen molar-refractivity contribution in [3.63, 3.8) is 0 Å². The first-order valence-electron chi connectivity index (χ1n) is 5.59. The molecule has 0 aromatic heterocycles. The fourth-order valence-corrected chi connectivity index (χ4v) is 2.28. The Bertz CT molecular complexity index is 351. The number of rotatable bonds is 4. The minimum Gasteiger partial charge on any atom is -0.388 e. The van der Waals surface area contributed by atoms with Crippen LogP contribution >= 0.6 is 15.9 Å². The maximum atomic E-state index is 9.95. The summed E-state index contributed by atoms with van der Waals surface area (Å²) in [7, 11) is 0. The van der Waals surface area contributed by atoms with Crippen molar-refractivity contribution in [1.29, 1.82) is 0 Å². The third-order valence-corrected chi connectivity index (χ3v) is 3.36. The van der Waals surface area contributed by atoms with Gasteiger partial charge in [-0.1, -0.05) is 22.9 Å². The molecule has 1 rings (SSSR count). The van der Waals surface area contributed by atoms with E-state index < -0.39 is 5.60 Å². The topological polar surface area (TPSA) is 32.3 Å². The molecular weight excluding hydrogens is 266 g/mol. The molecule has 0 bridgehead atoms. The van der Waals surface area contributed by atoms with Crippen LogP contribution in [0.15, 0.2) is 16.6 Å². The SMILES string of the molecule is CCC(C)(O)CNc1c(C)cc(Br)cc1C. The van der Waals surface area contributed by atoms with E-state index in [4.69, 9.17) is 0 Å². The zero-order valence-corrected chi connectivity index (χ0v) is 12.0. The fourth-order valence-electron chi connectivity index (χ4n) is 1.59. The molecule has 16 heavy (non-hydrogen) atoms. The smallest absolute Gasteiger partial charge is 0.0788 e. The van der Waals surface area contributed by atoms with Crippen LogP contribution in [0.4, 0.5) is 5.69 Å². The number of benzene rings is 1. The van der Waals surface area contributed by atoms with E-state index in [1.165, 1.54) is 11.1 Å². The highest BCUT2D eigenvalue weighted by molar-refractivity contribution is 9.10. The van der Waals surface area contributed by atoms with Crippen LogP contribution in [0.2, 0.25) is 0 Å². The summed E-state index contributed by atoms with van der Waals surface area (Å²) in [5, 5.41) is 13.3. The molecule has 0 amide bonds. The largest absolute Gasteiger partial charge is 0.388 e. The molecule has 0 aliphatic heterocycles. The molecule has 0 fully saturated rings. The second-order valence-corrected chi connectivity index (χ2v) is 5.53. The second kappa shape index (κ2) is 5.19. The zero-order valence-electron chi connectivity index (χ0n) is 10.4. The summed E-state index contributed by atoms with van der Waals surface area (Å²) in [6.07, 6.45) is 0.745. The lowest BCUT2D eigenvalue weighted by atomic mass is 10.0. The van der Waals surface area contributed by atoms with Crippen LogP contribution in [-0.2, 0) is 0 Å². The Labute approximate surface area is 106 Å². The fraction of sp³-hybridized carbons (Fsp3) is 0.538. The van der Waals surface area contributed by atoms with Crippen molar-refractivity contribution >= 4 is 21.6 Å².